The normalized spacial score (nSPS) is 14.2. The highest BCUT2D eigenvalue weighted by Gasteiger charge is 2.54. The summed E-state index contributed by atoms with van der Waals surface area (Å²) in [6.07, 6.45) is 0. The summed E-state index contributed by atoms with van der Waals surface area (Å²) in [7, 11) is 0. The zero-order valence-electron chi connectivity index (χ0n) is 19.6. The summed E-state index contributed by atoms with van der Waals surface area (Å²) in [6.45, 7) is 0.176. The van der Waals surface area contributed by atoms with Crippen molar-refractivity contribution in [3.8, 4) is 5.75 Å². The van der Waals surface area contributed by atoms with Crippen molar-refractivity contribution >= 4 is 17.8 Å². The molecular weight excluding hydrogens is 473 g/mol. The molecule has 5 rings (SSSR count). The van der Waals surface area contributed by atoms with Crippen molar-refractivity contribution in [2.75, 3.05) is 0 Å². The number of ether oxygens (including phenoxy) is 1. The summed E-state index contributed by atoms with van der Waals surface area (Å²) in [6, 6.07) is 29.2. The number of halogens is 1. The Morgan fingerprint density at radius 1 is 0.838 bits per heavy atom. The fourth-order valence-corrected chi connectivity index (χ4v) is 4.21. The van der Waals surface area contributed by atoms with Gasteiger partial charge in [-0.05, 0) is 47.0 Å². The van der Waals surface area contributed by atoms with Crippen LogP contribution >= 0.6 is 0 Å². The van der Waals surface area contributed by atoms with Crippen molar-refractivity contribution in [1.29, 1.82) is 0 Å². The lowest BCUT2D eigenvalue weighted by Crippen LogP contribution is -2.49. The van der Waals surface area contributed by atoms with Crippen molar-refractivity contribution in [3.05, 3.63) is 137 Å². The van der Waals surface area contributed by atoms with Crippen LogP contribution in [0.3, 0.4) is 0 Å². The van der Waals surface area contributed by atoms with Crippen LogP contribution in [0.5, 0.6) is 5.75 Å². The van der Waals surface area contributed by atoms with E-state index >= 15 is 0 Å². The van der Waals surface area contributed by atoms with Gasteiger partial charge in [-0.15, -0.1) is 0 Å². The van der Waals surface area contributed by atoms with E-state index in [1.54, 1.807) is 78.9 Å². The molecule has 0 aliphatic carbocycles. The minimum Gasteiger partial charge on any atom is -0.489 e. The van der Waals surface area contributed by atoms with E-state index in [0.29, 0.717) is 21.9 Å². The Balaban J connectivity index is 1.36. The smallest absolute Gasteiger partial charge is 0.344 e. The van der Waals surface area contributed by atoms with Gasteiger partial charge in [0.15, 0.2) is 5.54 Å². The molecule has 0 spiro atoms. The van der Waals surface area contributed by atoms with Crippen molar-refractivity contribution in [1.82, 2.24) is 15.8 Å². The molecule has 0 radical (unpaired) electrons. The summed E-state index contributed by atoms with van der Waals surface area (Å²) in [4.78, 5) is 39.8. The maximum absolute atomic E-state index is 13.7. The number of hydrazine groups is 1. The van der Waals surface area contributed by atoms with E-state index < -0.39 is 23.4 Å². The first-order valence-electron chi connectivity index (χ1n) is 11.5. The highest BCUT2D eigenvalue weighted by atomic mass is 19.1. The van der Waals surface area contributed by atoms with Gasteiger partial charge in [-0.2, -0.15) is 5.01 Å². The SMILES string of the molecule is O=C(NN1C(=O)NC(c2ccccc2)(c2ccccc2)C1=O)c1cccc(OCc2ccc(F)cc2)c1. The number of rotatable bonds is 7. The van der Waals surface area contributed by atoms with Gasteiger partial charge < -0.3 is 10.1 Å². The second kappa shape index (κ2) is 9.94. The lowest BCUT2D eigenvalue weighted by atomic mass is 9.83. The predicted octanol–water partition coefficient (Wildman–Crippen LogP) is 4.55. The van der Waals surface area contributed by atoms with Gasteiger partial charge in [-0.25, -0.2) is 9.18 Å². The molecule has 0 aromatic heterocycles. The molecule has 1 fully saturated rings. The molecule has 0 saturated carbocycles. The van der Waals surface area contributed by atoms with E-state index in [1.165, 1.54) is 18.2 Å². The Labute approximate surface area is 212 Å². The molecule has 184 valence electrons. The second-order valence-electron chi connectivity index (χ2n) is 8.44. The number of hydrogen-bond donors (Lipinski definition) is 2. The zero-order valence-corrected chi connectivity index (χ0v) is 19.6. The summed E-state index contributed by atoms with van der Waals surface area (Å²) in [5, 5.41) is 3.48. The molecular formula is C29H22FN3O4. The predicted molar refractivity (Wildman–Crippen MR) is 134 cm³/mol. The van der Waals surface area contributed by atoms with E-state index in [9.17, 15) is 18.8 Å². The molecule has 2 N–H and O–H groups in total. The van der Waals surface area contributed by atoms with Crippen molar-refractivity contribution in [2.45, 2.75) is 12.1 Å². The molecule has 8 heteroatoms. The van der Waals surface area contributed by atoms with E-state index in [-0.39, 0.29) is 18.0 Å². The van der Waals surface area contributed by atoms with Gasteiger partial charge in [0.1, 0.15) is 18.2 Å². The Hall–Kier alpha value is -4.98. The first-order chi connectivity index (χ1) is 18.0. The lowest BCUT2D eigenvalue weighted by Gasteiger charge is -2.27. The van der Waals surface area contributed by atoms with E-state index in [0.717, 1.165) is 5.56 Å². The topological polar surface area (TPSA) is 87.7 Å². The zero-order chi connectivity index (χ0) is 25.8. The number of benzene rings is 4. The molecule has 0 bridgehead atoms. The summed E-state index contributed by atoms with van der Waals surface area (Å²) in [5.41, 5.74) is 3.01. The number of carbonyl (C=O) groups is 3. The molecule has 1 aliphatic heterocycles. The fourth-order valence-electron chi connectivity index (χ4n) is 4.21. The van der Waals surface area contributed by atoms with Crippen LogP contribution in [0.15, 0.2) is 109 Å². The van der Waals surface area contributed by atoms with E-state index in [2.05, 4.69) is 10.7 Å². The van der Waals surface area contributed by atoms with Crippen molar-refractivity contribution in [3.63, 3.8) is 0 Å². The van der Waals surface area contributed by atoms with Gasteiger partial charge in [0.25, 0.3) is 11.8 Å². The molecule has 1 saturated heterocycles. The van der Waals surface area contributed by atoms with Crippen LogP contribution in [0, 0.1) is 5.82 Å². The van der Waals surface area contributed by atoms with Crippen LogP contribution in [-0.4, -0.2) is 22.9 Å². The molecule has 4 amide bonds. The largest absolute Gasteiger partial charge is 0.489 e. The third kappa shape index (κ3) is 4.64. The van der Waals surface area contributed by atoms with E-state index in [4.69, 9.17) is 4.74 Å². The van der Waals surface area contributed by atoms with Gasteiger partial charge in [0.2, 0.25) is 0 Å². The van der Waals surface area contributed by atoms with Crippen molar-refractivity contribution < 1.29 is 23.5 Å². The molecule has 4 aromatic rings. The number of imide groups is 1. The van der Waals surface area contributed by atoms with Gasteiger partial charge in [0, 0.05) is 5.56 Å². The van der Waals surface area contributed by atoms with Gasteiger partial charge >= 0.3 is 6.03 Å². The quantitative estimate of drug-likeness (QED) is 0.369. The Bertz CT molecular complexity index is 1400. The molecule has 1 heterocycles. The average Bonchev–Trinajstić information content (AvgIpc) is 3.19. The highest BCUT2D eigenvalue weighted by Crippen LogP contribution is 2.35. The Morgan fingerprint density at radius 2 is 1.46 bits per heavy atom. The number of hydrogen-bond acceptors (Lipinski definition) is 4. The molecule has 0 unspecified atom stereocenters. The standard InChI is InChI=1S/C29H22FN3O4/c30-24-16-14-20(15-17-24)19-37-25-13-7-8-21(18-25)26(34)32-33-27(35)29(31-28(33)36,22-9-3-1-4-10-22)23-11-5-2-6-12-23/h1-18H,19H2,(H,31,36)(H,32,34). The second-order valence-corrected chi connectivity index (χ2v) is 8.44. The summed E-state index contributed by atoms with van der Waals surface area (Å²) in [5.74, 6) is -1.23. The highest BCUT2D eigenvalue weighted by molar-refractivity contribution is 6.11. The summed E-state index contributed by atoms with van der Waals surface area (Å²) >= 11 is 0. The number of amides is 4. The first-order valence-corrected chi connectivity index (χ1v) is 11.5. The number of nitrogens with zero attached hydrogens (tertiary/aromatic N) is 1. The van der Waals surface area contributed by atoms with Gasteiger partial charge in [-0.1, -0.05) is 78.9 Å². The number of carbonyl (C=O) groups excluding carboxylic acids is 3. The Morgan fingerprint density at radius 3 is 2.08 bits per heavy atom. The van der Waals surface area contributed by atoms with Crippen LogP contribution in [0.2, 0.25) is 0 Å². The van der Waals surface area contributed by atoms with Crippen LogP contribution < -0.4 is 15.5 Å². The monoisotopic (exact) mass is 495 g/mol. The minimum absolute atomic E-state index is 0.176. The number of urea groups is 1. The molecule has 7 nitrogen and oxygen atoms in total. The average molecular weight is 496 g/mol. The third-order valence-corrected chi connectivity index (χ3v) is 6.06. The number of nitrogens with one attached hydrogen (secondary N) is 2. The van der Waals surface area contributed by atoms with E-state index in [1.807, 2.05) is 12.1 Å². The van der Waals surface area contributed by atoms with Crippen LogP contribution in [0.4, 0.5) is 9.18 Å². The Kier molecular flexibility index (Phi) is 6.38. The van der Waals surface area contributed by atoms with Crippen LogP contribution in [0.25, 0.3) is 0 Å². The minimum atomic E-state index is -1.49. The molecule has 4 aromatic carbocycles. The third-order valence-electron chi connectivity index (χ3n) is 6.06. The lowest BCUT2D eigenvalue weighted by molar-refractivity contribution is -0.131. The van der Waals surface area contributed by atoms with Crippen molar-refractivity contribution in [2.24, 2.45) is 0 Å². The molecule has 37 heavy (non-hydrogen) atoms. The fraction of sp³-hybridized carbons (Fsp3) is 0.0690. The van der Waals surface area contributed by atoms with Crippen LogP contribution in [-0.2, 0) is 16.9 Å². The van der Waals surface area contributed by atoms with Crippen LogP contribution in [0.1, 0.15) is 27.0 Å². The molecule has 0 atom stereocenters. The molecule has 1 aliphatic rings. The van der Waals surface area contributed by atoms with Gasteiger partial charge in [-0.3, -0.25) is 15.0 Å². The maximum Gasteiger partial charge on any atom is 0.344 e. The van der Waals surface area contributed by atoms with Gasteiger partial charge in [0.05, 0.1) is 0 Å². The summed E-state index contributed by atoms with van der Waals surface area (Å²) < 4.78 is 18.8. The first kappa shape index (κ1) is 23.7. The maximum atomic E-state index is 13.7.